The number of ether oxygens (including phenoxy) is 5. The van der Waals surface area contributed by atoms with Gasteiger partial charge in [0.25, 0.3) is 0 Å². The minimum atomic E-state index is -0.768. The first-order valence-corrected chi connectivity index (χ1v) is 24.8. The molecule has 67 heavy (non-hydrogen) atoms. The summed E-state index contributed by atoms with van der Waals surface area (Å²) in [6.07, 6.45) is 2.45. The Morgan fingerprint density at radius 1 is 0.836 bits per heavy atom. The highest BCUT2D eigenvalue weighted by Crippen LogP contribution is 2.32. The zero-order valence-corrected chi connectivity index (χ0v) is 42.9. The number of carbonyl (C=O) groups is 4. The summed E-state index contributed by atoms with van der Waals surface area (Å²) in [7, 11) is 6.65. The first-order valence-electron chi connectivity index (χ1n) is 24.8. The fraction of sp³-hybridized carbons (Fsp3) is 0.698. The summed E-state index contributed by atoms with van der Waals surface area (Å²) in [4.78, 5) is 59.8. The quantitative estimate of drug-likeness (QED) is 0.0901. The molecule has 2 fully saturated rings. The first-order chi connectivity index (χ1) is 31.9. The van der Waals surface area contributed by atoms with Crippen molar-refractivity contribution in [3.8, 4) is 0 Å². The van der Waals surface area contributed by atoms with E-state index in [1.807, 2.05) is 76.8 Å². The molecule has 0 radical (unpaired) electrons. The van der Waals surface area contributed by atoms with E-state index in [0.717, 1.165) is 43.2 Å². The van der Waals surface area contributed by atoms with E-state index in [0.29, 0.717) is 26.2 Å². The van der Waals surface area contributed by atoms with Crippen molar-refractivity contribution in [3.05, 3.63) is 71.3 Å². The number of aryl methyl sites for hydroxylation is 1. The first kappa shape index (κ1) is 55.7. The molecule has 0 saturated carbocycles. The lowest BCUT2D eigenvalue weighted by Gasteiger charge is -2.41. The lowest BCUT2D eigenvalue weighted by molar-refractivity contribution is -0.229. The van der Waals surface area contributed by atoms with Gasteiger partial charge in [0.15, 0.2) is 6.29 Å². The summed E-state index contributed by atoms with van der Waals surface area (Å²) in [6, 6.07) is 15.8. The van der Waals surface area contributed by atoms with Gasteiger partial charge >= 0.3 is 0 Å². The smallest absolute Gasteiger partial charge is 0.245 e. The number of nitrogens with one attached hydrogen (secondary N) is 3. The van der Waals surface area contributed by atoms with Crippen LogP contribution in [0, 0.1) is 30.6 Å². The lowest BCUT2D eigenvalue weighted by atomic mass is 9.89. The largest absolute Gasteiger partial charge is 0.379 e. The number of benzene rings is 2. The second kappa shape index (κ2) is 27.3. The van der Waals surface area contributed by atoms with Gasteiger partial charge in [-0.05, 0) is 81.9 Å². The Bertz CT molecular complexity index is 1820. The second-order valence-corrected chi connectivity index (χ2v) is 19.7. The molecular weight excluding hydrogens is 851 g/mol. The molecule has 0 aromatic heterocycles. The lowest BCUT2D eigenvalue weighted by Crippen LogP contribution is -2.59. The molecule has 4 rings (SSSR count). The molecule has 2 aliphatic rings. The van der Waals surface area contributed by atoms with E-state index in [1.54, 1.807) is 33.2 Å². The molecule has 0 bridgehead atoms. The maximum absolute atomic E-state index is 14.5. The van der Waals surface area contributed by atoms with E-state index >= 15 is 0 Å². The third-order valence-corrected chi connectivity index (χ3v) is 14.0. The van der Waals surface area contributed by atoms with Gasteiger partial charge in [0.2, 0.25) is 23.6 Å². The number of methoxy groups -OCH3 is 2. The van der Waals surface area contributed by atoms with E-state index in [4.69, 9.17) is 23.7 Å². The highest BCUT2D eigenvalue weighted by atomic mass is 16.7. The second-order valence-electron chi connectivity index (χ2n) is 19.7. The molecule has 14 nitrogen and oxygen atoms in total. The normalized spacial score (nSPS) is 21.7. The summed E-state index contributed by atoms with van der Waals surface area (Å²) in [5, 5.41) is 9.33. The third-order valence-electron chi connectivity index (χ3n) is 14.0. The topological polar surface area (TPSA) is 157 Å². The molecular formula is C53H85N5O9. The van der Waals surface area contributed by atoms with Crippen LogP contribution in [0.5, 0.6) is 0 Å². The molecule has 2 aromatic carbocycles. The van der Waals surface area contributed by atoms with Crippen LogP contribution in [-0.4, -0.2) is 130 Å². The van der Waals surface area contributed by atoms with Crippen LogP contribution < -0.4 is 16.0 Å². The van der Waals surface area contributed by atoms with Crippen molar-refractivity contribution in [1.29, 1.82) is 0 Å². The van der Waals surface area contributed by atoms with Crippen LogP contribution in [0.3, 0.4) is 0 Å². The Hall–Kier alpha value is -3.92. The number of carbonyl (C=O) groups excluding carboxylic acids is 4. The van der Waals surface area contributed by atoms with Crippen LogP contribution >= 0.6 is 0 Å². The van der Waals surface area contributed by atoms with Gasteiger partial charge in [-0.3, -0.25) is 19.2 Å². The van der Waals surface area contributed by atoms with E-state index in [2.05, 4.69) is 61.0 Å². The number of nitrogens with zero attached hydrogens (tertiary/aromatic N) is 2. The number of hydrogen-bond acceptors (Lipinski definition) is 10. The van der Waals surface area contributed by atoms with Crippen LogP contribution in [0.2, 0.25) is 0 Å². The summed E-state index contributed by atoms with van der Waals surface area (Å²) in [5.74, 6) is -1.59. The molecule has 2 aromatic rings. The van der Waals surface area contributed by atoms with Crippen molar-refractivity contribution in [2.45, 2.75) is 175 Å². The zero-order chi connectivity index (χ0) is 49.4. The Labute approximate surface area is 402 Å². The van der Waals surface area contributed by atoms with E-state index in [-0.39, 0.29) is 59.9 Å². The number of hydrogen-bond donors (Lipinski definition) is 3. The Kier molecular flexibility index (Phi) is 22.7. The van der Waals surface area contributed by atoms with Gasteiger partial charge in [0.1, 0.15) is 12.1 Å². The highest BCUT2D eigenvalue weighted by Gasteiger charge is 2.43. The summed E-state index contributed by atoms with van der Waals surface area (Å²) in [6.45, 7) is 19.2. The molecule has 376 valence electrons. The fourth-order valence-corrected chi connectivity index (χ4v) is 9.85. The molecule has 3 N–H and O–H groups in total. The summed E-state index contributed by atoms with van der Waals surface area (Å²) < 4.78 is 31.4. The van der Waals surface area contributed by atoms with Crippen LogP contribution in [0.25, 0.3) is 0 Å². The van der Waals surface area contributed by atoms with Crippen molar-refractivity contribution >= 4 is 23.6 Å². The average Bonchev–Trinajstić information content (AvgIpc) is 3.80. The standard InChI is InChI=1S/C53H85N5O9/c1-14-36(7)48(57(11)53(62)47(34(4)5)56-52(61)46(54-10)33(2)3)43(63-12)30-44(59)58-29-19-23-42(58)49(64-13)37(8)51(60)55-38(9)50(40-20-16-15-17-21-40)67-45-24-18-22-41(66-45)32-65-31-39-27-25-35(6)26-28-39/h15-17,20-21,25-28,33-34,36-38,41-43,45-50,54H,14,18-19,22-24,29-32H2,1-13H3,(H,55,60)(H,56,61)/t36-,37+,38+,41?,42-,43?,45?,46-,47-,48-,49+,50+/m0/s1. The molecule has 12 atom stereocenters. The van der Waals surface area contributed by atoms with Crippen LogP contribution in [0.1, 0.15) is 123 Å². The monoisotopic (exact) mass is 936 g/mol. The van der Waals surface area contributed by atoms with Gasteiger partial charge in [-0.1, -0.05) is 115 Å². The van der Waals surface area contributed by atoms with Gasteiger partial charge in [-0.15, -0.1) is 0 Å². The minimum Gasteiger partial charge on any atom is -0.379 e. The molecule has 0 spiro atoms. The number of likely N-dealkylation sites (tertiary alicyclic amines) is 1. The number of amides is 4. The summed E-state index contributed by atoms with van der Waals surface area (Å²) in [5.41, 5.74) is 3.26. The van der Waals surface area contributed by atoms with E-state index < -0.39 is 54.7 Å². The van der Waals surface area contributed by atoms with Crippen LogP contribution in [0.4, 0.5) is 0 Å². The number of rotatable bonds is 26. The fourth-order valence-electron chi connectivity index (χ4n) is 9.85. The molecule has 3 unspecified atom stereocenters. The van der Waals surface area contributed by atoms with Crippen LogP contribution in [-0.2, 0) is 49.5 Å². The SMILES string of the molecule is CC[C@H](C)[C@@H](C(CC(=O)N1CCC[C@H]1[C@H](OC)[C@@H](C)C(=O)N[C@H](C)[C@@H](OC1CCCC(COCc2ccc(C)cc2)O1)c1ccccc1)OC)N(C)C(=O)[C@@H](NC(=O)[C@@H](NC)C(C)C)C(C)C. The van der Waals surface area contributed by atoms with Crippen molar-refractivity contribution in [2.75, 3.05) is 41.5 Å². The van der Waals surface area contributed by atoms with Crippen molar-refractivity contribution in [1.82, 2.24) is 25.8 Å². The maximum Gasteiger partial charge on any atom is 0.245 e. The van der Waals surface area contributed by atoms with Gasteiger partial charge in [-0.25, -0.2) is 0 Å². The predicted octanol–water partition coefficient (Wildman–Crippen LogP) is 6.97. The Morgan fingerprint density at radius 2 is 1.51 bits per heavy atom. The van der Waals surface area contributed by atoms with Gasteiger partial charge in [-0.2, -0.15) is 0 Å². The maximum atomic E-state index is 14.5. The van der Waals surface area contributed by atoms with Crippen LogP contribution in [0.15, 0.2) is 54.6 Å². The van der Waals surface area contributed by atoms with Gasteiger partial charge in [0.05, 0.1) is 68.0 Å². The molecule has 14 heteroatoms. The highest BCUT2D eigenvalue weighted by molar-refractivity contribution is 5.90. The molecule has 2 aliphatic heterocycles. The van der Waals surface area contributed by atoms with E-state index in [1.165, 1.54) is 5.56 Å². The third kappa shape index (κ3) is 15.5. The van der Waals surface area contributed by atoms with Gasteiger partial charge < -0.3 is 49.4 Å². The molecule has 2 saturated heterocycles. The molecule has 2 heterocycles. The van der Waals surface area contributed by atoms with Gasteiger partial charge in [0, 0.05) is 27.8 Å². The van der Waals surface area contributed by atoms with E-state index in [9.17, 15) is 19.2 Å². The minimum absolute atomic E-state index is 0.0269. The Balaban J connectivity index is 1.43. The summed E-state index contributed by atoms with van der Waals surface area (Å²) >= 11 is 0. The molecule has 0 aliphatic carbocycles. The van der Waals surface area contributed by atoms with Crippen molar-refractivity contribution < 1.29 is 42.9 Å². The number of likely N-dealkylation sites (N-methyl/N-ethyl adjacent to an activating group) is 2. The average molecular weight is 936 g/mol. The van der Waals surface area contributed by atoms with Crippen molar-refractivity contribution in [3.63, 3.8) is 0 Å². The molecule has 4 amide bonds. The predicted molar refractivity (Wildman–Crippen MR) is 262 cm³/mol. The van der Waals surface area contributed by atoms with Crippen molar-refractivity contribution in [2.24, 2.45) is 23.7 Å². The Morgan fingerprint density at radius 3 is 2.10 bits per heavy atom. The zero-order valence-electron chi connectivity index (χ0n) is 42.9.